The molecule has 1 aromatic heterocycles. The van der Waals surface area contributed by atoms with Gasteiger partial charge in [0.05, 0.1) is 19.7 Å². The average molecular weight is 346 g/mol. The number of carbonyl (C=O) groups excluding carboxylic acids is 1. The fourth-order valence-corrected chi connectivity index (χ4v) is 3.98. The van der Waals surface area contributed by atoms with Gasteiger partial charge in [-0.2, -0.15) is 11.8 Å². The number of oxazole rings is 1. The predicted molar refractivity (Wildman–Crippen MR) is 95.0 cm³/mol. The van der Waals surface area contributed by atoms with E-state index in [1.165, 1.54) is 7.11 Å². The maximum Gasteiger partial charge on any atom is 0.307 e. The van der Waals surface area contributed by atoms with E-state index < -0.39 is 0 Å². The van der Waals surface area contributed by atoms with Crippen molar-refractivity contribution in [3.63, 3.8) is 0 Å². The molecule has 0 saturated carbocycles. The van der Waals surface area contributed by atoms with Gasteiger partial charge < -0.3 is 9.15 Å². The average Bonchev–Trinajstić information content (AvgIpc) is 3.10. The number of ether oxygens (including phenoxy) is 1. The lowest BCUT2D eigenvalue weighted by molar-refractivity contribution is -0.141. The van der Waals surface area contributed by atoms with E-state index in [-0.39, 0.29) is 12.0 Å². The van der Waals surface area contributed by atoms with Gasteiger partial charge in [0.25, 0.3) is 0 Å². The largest absolute Gasteiger partial charge is 0.469 e. The summed E-state index contributed by atoms with van der Waals surface area (Å²) in [6, 6.07) is 10.2. The van der Waals surface area contributed by atoms with E-state index in [0.29, 0.717) is 6.42 Å². The van der Waals surface area contributed by atoms with Gasteiger partial charge in [-0.05, 0) is 0 Å². The van der Waals surface area contributed by atoms with Crippen molar-refractivity contribution in [2.24, 2.45) is 0 Å². The molecule has 0 unspecified atom stereocenters. The van der Waals surface area contributed by atoms with Crippen molar-refractivity contribution in [2.75, 3.05) is 31.7 Å². The maximum atomic E-state index is 11.6. The standard InChI is InChI=1S/C18H22N2O3S/c1-22-18(21)11-15-13-24-10-9-20(15)8-7-17-19-12-16(23-17)14-5-3-2-4-6-14/h2-6,12,15H,7-11,13H2,1H3/t15-/m1/s1. The summed E-state index contributed by atoms with van der Waals surface area (Å²) in [5.41, 5.74) is 1.04. The molecule has 1 fully saturated rings. The first-order valence-electron chi connectivity index (χ1n) is 8.15. The van der Waals surface area contributed by atoms with Gasteiger partial charge in [-0.15, -0.1) is 0 Å². The number of methoxy groups -OCH3 is 1. The van der Waals surface area contributed by atoms with Crippen molar-refractivity contribution < 1.29 is 13.9 Å². The zero-order chi connectivity index (χ0) is 16.8. The summed E-state index contributed by atoms with van der Waals surface area (Å²) < 4.78 is 10.7. The van der Waals surface area contributed by atoms with Gasteiger partial charge in [0, 0.05) is 42.6 Å². The van der Waals surface area contributed by atoms with Crippen LogP contribution >= 0.6 is 11.8 Å². The van der Waals surface area contributed by atoms with E-state index in [1.807, 2.05) is 42.1 Å². The molecule has 2 aromatic rings. The highest BCUT2D eigenvalue weighted by molar-refractivity contribution is 7.99. The van der Waals surface area contributed by atoms with Crippen LogP contribution in [-0.4, -0.2) is 53.6 Å². The van der Waals surface area contributed by atoms with Crippen LogP contribution in [0.25, 0.3) is 11.3 Å². The molecule has 0 aliphatic carbocycles. The molecule has 1 aliphatic heterocycles. The van der Waals surface area contributed by atoms with E-state index in [4.69, 9.17) is 9.15 Å². The smallest absolute Gasteiger partial charge is 0.307 e. The number of hydrogen-bond acceptors (Lipinski definition) is 6. The van der Waals surface area contributed by atoms with Gasteiger partial charge in [-0.25, -0.2) is 4.98 Å². The molecule has 6 heteroatoms. The number of hydrogen-bond donors (Lipinski definition) is 0. The quantitative estimate of drug-likeness (QED) is 0.750. The normalized spacial score (nSPS) is 18.5. The van der Waals surface area contributed by atoms with Crippen molar-refractivity contribution in [2.45, 2.75) is 18.9 Å². The Bertz CT molecular complexity index is 659. The monoisotopic (exact) mass is 346 g/mol. The molecule has 2 heterocycles. The molecule has 3 rings (SSSR count). The highest BCUT2D eigenvalue weighted by atomic mass is 32.2. The van der Waals surface area contributed by atoms with Crippen LogP contribution in [-0.2, 0) is 16.0 Å². The molecule has 0 radical (unpaired) electrons. The number of benzene rings is 1. The summed E-state index contributed by atoms with van der Waals surface area (Å²) in [7, 11) is 1.44. The van der Waals surface area contributed by atoms with Crippen LogP contribution in [0.1, 0.15) is 12.3 Å². The number of esters is 1. The summed E-state index contributed by atoms with van der Waals surface area (Å²) in [5.74, 6) is 3.46. The van der Waals surface area contributed by atoms with Crippen LogP contribution in [0.3, 0.4) is 0 Å². The number of nitrogens with zero attached hydrogens (tertiary/aromatic N) is 2. The second-order valence-electron chi connectivity index (χ2n) is 5.78. The Kier molecular flexibility index (Phi) is 5.93. The first-order valence-corrected chi connectivity index (χ1v) is 9.30. The molecule has 24 heavy (non-hydrogen) atoms. The van der Waals surface area contributed by atoms with Gasteiger partial charge in [0.2, 0.25) is 0 Å². The fourth-order valence-electron chi connectivity index (χ4n) is 2.85. The van der Waals surface area contributed by atoms with Crippen molar-refractivity contribution >= 4 is 17.7 Å². The highest BCUT2D eigenvalue weighted by Gasteiger charge is 2.25. The molecule has 0 N–H and O–H groups in total. The summed E-state index contributed by atoms with van der Waals surface area (Å²) >= 11 is 1.89. The van der Waals surface area contributed by atoms with E-state index in [2.05, 4.69) is 9.88 Å². The van der Waals surface area contributed by atoms with Gasteiger partial charge >= 0.3 is 5.97 Å². The summed E-state index contributed by atoms with van der Waals surface area (Å²) in [4.78, 5) is 18.3. The van der Waals surface area contributed by atoms with E-state index in [1.54, 1.807) is 6.20 Å². The molecular formula is C18H22N2O3S. The second kappa shape index (κ2) is 8.35. The van der Waals surface area contributed by atoms with Crippen LogP contribution in [0, 0.1) is 0 Å². The molecule has 1 aliphatic rings. The molecular weight excluding hydrogens is 324 g/mol. The first kappa shape index (κ1) is 17.0. The Morgan fingerprint density at radius 3 is 3.04 bits per heavy atom. The van der Waals surface area contributed by atoms with Crippen molar-refractivity contribution in [3.8, 4) is 11.3 Å². The Morgan fingerprint density at radius 2 is 2.25 bits per heavy atom. The zero-order valence-corrected chi connectivity index (χ0v) is 14.6. The van der Waals surface area contributed by atoms with E-state index in [0.717, 1.165) is 48.2 Å². The molecule has 0 amide bonds. The predicted octanol–water partition coefficient (Wildman–Crippen LogP) is 2.86. The molecule has 1 saturated heterocycles. The maximum absolute atomic E-state index is 11.6. The lowest BCUT2D eigenvalue weighted by Gasteiger charge is -2.34. The topological polar surface area (TPSA) is 55.6 Å². The van der Waals surface area contributed by atoms with Crippen molar-refractivity contribution in [3.05, 3.63) is 42.4 Å². The fraction of sp³-hybridized carbons (Fsp3) is 0.444. The summed E-state index contributed by atoms with van der Waals surface area (Å²) in [5, 5.41) is 0. The Balaban J connectivity index is 1.58. The summed E-state index contributed by atoms with van der Waals surface area (Å²) in [6.07, 6.45) is 2.97. The van der Waals surface area contributed by atoms with Crippen molar-refractivity contribution in [1.82, 2.24) is 9.88 Å². The van der Waals surface area contributed by atoms with Crippen LogP contribution in [0.2, 0.25) is 0 Å². The molecule has 1 atom stereocenters. The molecule has 0 bridgehead atoms. The molecule has 0 spiro atoms. The van der Waals surface area contributed by atoms with Crippen LogP contribution in [0.15, 0.2) is 40.9 Å². The Morgan fingerprint density at radius 1 is 1.42 bits per heavy atom. The van der Waals surface area contributed by atoms with Crippen LogP contribution < -0.4 is 0 Å². The number of carbonyl (C=O) groups is 1. The van der Waals surface area contributed by atoms with Gasteiger partial charge in [0.15, 0.2) is 11.7 Å². The van der Waals surface area contributed by atoms with E-state index >= 15 is 0 Å². The minimum atomic E-state index is -0.144. The second-order valence-corrected chi connectivity index (χ2v) is 6.93. The number of rotatable bonds is 6. The van der Waals surface area contributed by atoms with E-state index in [9.17, 15) is 4.79 Å². The summed E-state index contributed by atoms with van der Waals surface area (Å²) in [6.45, 7) is 1.83. The van der Waals surface area contributed by atoms with Crippen LogP contribution in [0.5, 0.6) is 0 Å². The lowest BCUT2D eigenvalue weighted by Crippen LogP contribution is -2.44. The first-order chi connectivity index (χ1) is 11.8. The minimum Gasteiger partial charge on any atom is -0.469 e. The molecule has 1 aromatic carbocycles. The lowest BCUT2D eigenvalue weighted by atomic mass is 10.2. The Hall–Kier alpha value is -1.79. The number of aromatic nitrogens is 1. The third-order valence-corrected chi connectivity index (χ3v) is 5.30. The molecule has 5 nitrogen and oxygen atoms in total. The van der Waals surface area contributed by atoms with Gasteiger partial charge in [-0.1, -0.05) is 30.3 Å². The third kappa shape index (κ3) is 4.39. The highest BCUT2D eigenvalue weighted by Crippen LogP contribution is 2.22. The zero-order valence-electron chi connectivity index (χ0n) is 13.8. The van der Waals surface area contributed by atoms with Gasteiger partial charge in [0.1, 0.15) is 0 Å². The minimum absolute atomic E-state index is 0.144. The Labute approximate surface area is 146 Å². The van der Waals surface area contributed by atoms with Crippen LogP contribution in [0.4, 0.5) is 0 Å². The van der Waals surface area contributed by atoms with Crippen molar-refractivity contribution in [1.29, 1.82) is 0 Å². The SMILES string of the molecule is COC(=O)C[C@@H]1CSCCN1CCc1ncc(-c2ccccc2)o1. The third-order valence-electron chi connectivity index (χ3n) is 4.20. The molecule has 128 valence electrons. The number of thioether (sulfide) groups is 1. The van der Waals surface area contributed by atoms with Gasteiger partial charge in [-0.3, -0.25) is 9.69 Å².